The number of para-hydroxylation sites is 1. The number of benzene rings is 2. The molecule has 0 radical (unpaired) electrons. The molecule has 1 aromatic heterocycles. The van der Waals surface area contributed by atoms with Crippen molar-refractivity contribution in [1.82, 2.24) is 9.55 Å². The van der Waals surface area contributed by atoms with Gasteiger partial charge in [-0.3, -0.25) is 9.36 Å². The summed E-state index contributed by atoms with van der Waals surface area (Å²) in [5.74, 6) is 1.57. The number of ether oxygens (including phenoxy) is 2. The van der Waals surface area contributed by atoms with Crippen LogP contribution >= 0.6 is 11.8 Å². The minimum absolute atomic E-state index is 0.00283. The van der Waals surface area contributed by atoms with E-state index < -0.39 is 0 Å². The second-order valence-corrected chi connectivity index (χ2v) is 8.03. The van der Waals surface area contributed by atoms with E-state index in [1.165, 1.54) is 5.56 Å². The SMILES string of the molecule is Cc1ccc(OCCSc2nc3ccccc3c(=O)n2C[C@H]2CCCO2)cc1. The Hall–Kier alpha value is -2.31. The largest absolute Gasteiger partial charge is 0.493 e. The molecule has 2 heterocycles. The third-order valence-corrected chi connectivity index (χ3v) is 5.78. The van der Waals surface area contributed by atoms with Gasteiger partial charge in [-0.15, -0.1) is 0 Å². The molecule has 0 bridgehead atoms. The van der Waals surface area contributed by atoms with Crippen LogP contribution in [0.4, 0.5) is 0 Å². The Balaban J connectivity index is 1.50. The molecule has 28 heavy (non-hydrogen) atoms. The Morgan fingerprint density at radius 2 is 2.04 bits per heavy atom. The van der Waals surface area contributed by atoms with E-state index in [4.69, 9.17) is 14.5 Å². The molecule has 4 rings (SSSR count). The molecule has 0 N–H and O–H groups in total. The number of nitrogens with zero attached hydrogens (tertiary/aromatic N) is 2. The lowest BCUT2D eigenvalue weighted by atomic mass is 10.2. The average Bonchev–Trinajstić information content (AvgIpc) is 3.22. The molecule has 0 saturated carbocycles. The number of hydrogen-bond donors (Lipinski definition) is 0. The Bertz CT molecular complexity index is 995. The van der Waals surface area contributed by atoms with Gasteiger partial charge in [-0.1, -0.05) is 41.6 Å². The molecular weight excluding hydrogens is 372 g/mol. The predicted octanol–water partition coefficient (Wildman–Crippen LogP) is 4.06. The van der Waals surface area contributed by atoms with Crippen molar-refractivity contribution in [3.05, 3.63) is 64.4 Å². The molecule has 6 heteroatoms. The van der Waals surface area contributed by atoms with E-state index in [1.807, 2.05) is 48.5 Å². The number of rotatable bonds is 7. The molecule has 1 aliphatic rings. The van der Waals surface area contributed by atoms with Crippen LogP contribution in [0.1, 0.15) is 18.4 Å². The zero-order chi connectivity index (χ0) is 19.3. The fourth-order valence-corrected chi connectivity index (χ4v) is 4.16. The number of thioether (sulfide) groups is 1. The van der Waals surface area contributed by atoms with Gasteiger partial charge in [0, 0.05) is 12.4 Å². The maximum absolute atomic E-state index is 13.0. The van der Waals surface area contributed by atoms with Crippen LogP contribution in [-0.2, 0) is 11.3 Å². The van der Waals surface area contributed by atoms with Crippen molar-refractivity contribution in [2.45, 2.75) is 37.6 Å². The minimum atomic E-state index is 0.00283. The maximum atomic E-state index is 13.0. The topological polar surface area (TPSA) is 53.3 Å². The lowest BCUT2D eigenvalue weighted by molar-refractivity contribution is 0.0937. The third-order valence-electron chi connectivity index (χ3n) is 4.84. The first kappa shape index (κ1) is 19.0. The molecule has 0 amide bonds. The molecule has 0 spiro atoms. The normalized spacial score (nSPS) is 16.5. The highest BCUT2D eigenvalue weighted by Crippen LogP contribution is 2.21. The molecule has 146 valence electrons. The molecular formula is C22H24N2O3S. The van der Waals surface area contributed by atoms with Gasteiger partial charge in [0.2, 0.25) is 0 Å². The summed E-state index contributed by atoms with van der Waals surface area (Å²) in [6.45, 7) is 3.93. The summed E-state index contributed by atoms with van der Waals surface area (Å²) in [6.07, 6.45) is 2.12. The summed E-state index contributed by atoms with van der Waals surface area (Å²) in [6, 6.07) is 15.5. The summed E-state index contributed by atoms with van der Waals surface area (Å²) in [5.41, 5.74) is 1.95. The van der Waals surface area contributed by atoms with Crippen molar-refractivity contribution < 1.29 is 9.47 Å². The van der Waals surface area contributed by atoms with Crippen molar-refractivity contribution in [2.75, 3.05) is 19.0 Å². The Labute approximate surface area is 168 Å². The molecule has 1 atom stereocenters. The van der Waals surface area contributed by atoms with Gasteiger partial charge in [0.05, 0.1) is 30.2 Å². The van der Waals surface area contributed by atoms with E-state index in [9.17, 15) is 4.79 Å². The highest BCUT2D eigenvalue weighted by atomic mass is 32.2. The molecule has 1 saturated heterocycles. The third kappa shape index (κ3) is 4.39. The lowest BCUT2D eigenvalue weighted by Gasteiger charge is -2.16. The molecule has 1 aliphatic heterocycles. The first-order chi connectivity index (χ1) is 13.7. The van der Waals surface area contributed by atoms with Gasteiger partial charge in [0.15, 0.2) is 5.16 Å². The summed E-state index contributed by atoms with van der Waals surface area (Å²) in [5, 5.41) is 1.38. The van der Waals surface area contributed by atoms with Crippen LogP contribution in [0.3, 0.4) is 0 Å². The van der Waals surface area contributed by atoms with Crippen LogP contribution in [0.15, 0.2) is 58.5 Å². The van der Waals surface area contributed by atoms with Crippen molar-refractivity contribution in [1.29, 1.82) is 0 Å². The standard InChI is InChI=1S/C22H24N2O3S/c1-16-8-10-17(11-9-16)27-13-14-28-22-23-20-7-3-2-6-19(20)21(25)24(22)15-18-5-4-12-26-18/h2-3,6-11,18H,4-5,12-15H2,1H3/t18-/m1/s1. The highest BCUT2D eigenvalue weighted by Gasteiger charge is 2.20. The van der Waals surface area contributed by atoms with Gasteiger partial charge >= 0.3 is 0 Å². The average molecular weight is 397 g/mol. The quantitative estimate of drug-likeness (QED) is 0.343. The molecule has 0 aliphatic carbocycles. The summed E-state index contributed by atoms with van der Waals surface area (Å²) < 4.78 is 13.3. The van der Waals surface area contributed by atoms with Crippen molar-refractivity contribution in [3.8, 4) is 5.75 Å². The van der Waals surface area contributed by atoms with Crippen LogP contribution in [0.2, 0.25) is 0 Å². The zero-order valence-corrected chi connectivity index (χ0v) is 16.8. The lowest BCUT2D eigenvalue weighted by Crippen LogP contribution is -2.29. The van der Waals surface area contributed by atoms with Crippen LogP contribution in [0, 0.1) is 6.92 Å². The van der Waals surface area contributed by atoms with Crippen LogP contribution in [0.5, 0.6) is 5.75 Å². The van der Waals surface area contributed by atoms with Gasteiger partial charge in [-0.25, -0.2) is 4.98 Å². The summed E-state index contributed by atoms with van der Waals surface area (Å²) in [4.78, 5) is 17.8. The highest BCUT2D eigenvalue weighted by molar-refractivity contribution is 7.99. The monoisotopic (exact) mass is 396 g/mol. The second-order valence-electron chi connectivity index (χ2n) is 6.97. The van der Waals surface area contributed by atoms with Crippen LogP contribution < -0.4 is 10.3 Å². The van der Waals surface area contributed by atoms with E-state index >= 15 is 0 Å². The van der Waals surface area contributed by atoms with Crippen molar-refractivity contribution in [2.24, 2.45) is 0 Å². The molecule has 0 unspecified atom stereocenters. The van der Waals surface area contributed by atoms with Gasteiger partial charge in [0.1, 0.15) is 5.75 Å². The maximum Gasteiger partial charge on any atom is 0.262 e. The first-order valence-corrected chi connectivity index (χ1v) is 10.6. The van der Waals surface area contributed by atoms with Crippen LogP contribution in [-0.4, -0.2) is 34.6 Å². The van der Waals surface area contributed by atoms with Crippen molar-refractivity contribution >= 4 is 22.7 Å². The number of aromatic nitrogens is 2. The summed E-state index contributed by atoms with van der Waals surface area (Å²) in [7, 11) is 0. The second kappa shape index (κ2) is 8.80. The Morgan fingerprint density at radius 3 is 2.82 bits per heavy atom. The first-order valence-electron chi connectivity index (χ1n) is 9.64. The Morgan fingerprint density at radius 1 is 1.21 bits per heavy atom. The number of hydrogen-bond acceptors (Lipinski definition) is 5. The fourth-order valence-electron chi connectivity index (χ4n) is 3.34. The smallest absolute Gasteiger partial charge is 0.262 e. The molecule has 5 nitrogen and oxygen atoms in total. The van der Waals surface area contributed by atoms with Crippen molar-refractivity contribution in [3.63, 3.8) is 0 Å². The van der Waals surface area contributed by atoms with E-state index in [-0.39, 0.29) is 11.7 Å². The number of aryl methyl sites for hydroxylation is 1. The van der Waals surface area contributed by atoms with Gasteiger partial charge in [0.25, 0.3) is 5.56 Å². The zero-order valence-electron chi connectivity index (χ0n) is 16.0. The van der Waals surface area contributed by atoms with Crippen LogP contribution in [0.25, 0.3) is 10.9 Å². The predicted molar refractivity (Wildman–Crippen MR) is 112 cm³/mol. The van der Waals surface area contributed by atoms with E-state index in [0.717, 1.165) is 35.9 Å². The molecule has 2 aromatic carbocycles. The van der Waals surface area contributed by atoms with E-state index in [0.29, 0.717) is 24.3 Å². The summed E-state index contributed by atoms with van der Waals surface area (Å²) >= 11 is 1.55. The van der Waals surface area contributed by atoms with Gasteiger partial charge in [-0.2, -0.15) is 0 Å². The molecule has 3 aromatic rings. The van der Waals surface area contributed by atoms with E-state index in [1.54, 1.807) is 16.3 Å². The van der Waals surface area contributed by atoms with Gasteiger partial charge < -0.3 is 9.47 Å². The Kier molecular flexibility index (Phi) is 5.98. The van der Waals surface area contributed by atoms with E-state index in [2.05, 4.69) is 6.92 Å². The number of fused-ring (bicyclic) bond motifs is 1. The fraction of sp³-hybridized carbons (Fsp3) is 0.364. The molecule has 1 fully saturated rings. The minimum Gasteiger partial charge on any atom is -0.493 e. The van der Waals surface area contributed by atoms with Gasteiger partial charge in [-0.05, 0) is 44.0 Å².